The van der Waals surface area contributed by atoms with Crippen LogP contribution in [0.5, 0.6) is 0 Å². The topological polar surface area (TPSA) is 46.2 Å². The summed E-state index contributed by atoms with van der Waals surface area (Å²) < 4.78 is 24.1. The molecule has 1 N–H and O–H groups in total. The molecule has 102 valence electrons. The third-order valence-corrected chi connectivity index (χ3v) is 5.01. The molecule has 0 bridgehead atoms. The van der Waals surface area contributed by atoms with Crippen LogP contribution in [0, 0.1) is 0 Å². The second-order valence-corrected chi connectivity index (χ2v) is 7.48. The lowest BCUT2D eigenvalue weighted by atomic mass is 10.0. The zero-order chi connectivity index (χ0) is 13.8. The molecule has 0 aromatic heterocycles. The molecule has 1 aromatic rings. The van der Waals surface area contributed by atoms with Crippen LogP contribution < -0.4 is 5.32 Å². The van der Waals surface area contributed by atoms with Crippen molar-refractivity contribution in [3.05, 3.63) is 29.3 Å². The van der Waals surface area contributed by atoms with E-state index in [-0.39, 0.29) is 11.3 Å². The summed E-state index contributed by atoms with van der Waals surface area (Å²) in [6, 6.07) is 6.28. The summed E-state index contributed by atoms with van der Waals surface area (Å²) in [5.74, 6) is 0.0953. The molecule has 0 heterocycles. The number of hydrogen-bond acceptors (Lipinski definition) is 3. The molecule has 0 radical (unpaired) electrons. The maximum Gasteiger partial charge on any atom is 0.179 e. The molecule has 0 spiro atoms. The van der Waals surface area contributed by atoms with Gasteiger partial charge >= 0.3 is 0 Å². The molecule has 0 unspecified atom stereocenters. The number of hydrogen-bond donors (Lipinski definition) is 1. The molecule has 0 saturated carbocycles. The van der Waals surface area contributed by atoms with Crippen molar-refractivity contribution in [1.29, 1.82) is 0 Å². The average molecular weight is 290 g/mol. The van der Waals surface area contributed by atoms with Crippen LogP contribution in [0.15, 0.2) is 29.2 Å². The number of halogens is 1. The minimum absolute atomic E-state index is 0.0322. The van der Waals surface area contributed by atoms with Crippen LogP contribution in [0.25, 0.3) is 0 Å². The Labute approximate surface area is 114 Å². The normalized spacial score (nSPS) is 12.7. The van der Waals surface area contributed by atoms with Gasteiger partial charge in [0.15, 0.2) is 9.84 Å². The van der Waals surface area contributed by atoms with E-state index in [4.69, 9.17) is 11.6 Å². The third-order valence-electron chi connectivity index (χ3n) is 3.03. The lowest BCUT2D eigenvalue weighted by Gasteiger charge is -2.24. The van der Waals surface area contributed by atoms with Gasteiger partial charge in [0.2, 0.25) is 0 Å². The van der Waals surface area contributed by atoms with Gasteiger partial charge in [0.25, 0.3) is 0 Å². The molecule has 0 aliphatic carbocycles. The Balaban J connectivity index is 2.63. The Morgan fingerprint density at radius 1 is 1.22 bits per heavy atom. The molecule has 1 aromatic carbocycles. The van der Waals surface area contributed by atoms with Gasteiger partial charge in [0.05, 0.1) is 10.6 Å². The molecule has 5 heteroatoms. The van der Waals surface area contributed by atoms with Crippen molar-refractivity contribution in [2.45, 2.75) is 37.6 Å². The van der Waals surface area contributed by atoms with Gasteiger partial charge in [0.1, 0.15) is 0 Å². The molecular weight excluding hydrogens is 270 g/mol. The third kappa shape index (κ3) is 4.59. The molecule has 0 atom stereocenters. The van der Waals surface area contributed by atoms with Crippen LogP contribution in [0.1, 0.15) is 27.2 Å². The SMILES string of the molecule is CCC(C)(C)NCCS(=O)(=O)c1ccc(Cl)cc1. The lowest BCUT2D eigenvalue weighted by Crippen LogP contribution is -2.41. The number of sulfone groups is 1. The first-order chi connectivity index (χ1) is 8.27. The molecule has 0 saturated heterocycles. The largest absolute Gasteiger partial charge is 0.311 e. The van der Waals surface area contributed by atoms with Crippen LogP contribution in [0.2, 0.25) is 5.02 Å². The van der Waals surface area contributed by atoms with E-state index in [2.05, 4.69) is 26.1 Å². The van der Waals surface area contributed by atoms with Gasteiger partial charge in [-0.1, -0.05) is 18.5 Å². The second kappa shape index (κ2) is 6.04. The van der Waals surface area contributed by atoms with E-state index in [0.717, 1.165) is 6.42 Å². The van der Waals surface area contributed by atoms with Crippen LogP contribution in [0.3, 0.4) is 0 Å². The highest BCUT2D eigenvalue weighted by atomic mass is 35.5. The fraction of sp³-hybridized carbons (Fsp3) is 0.538. The van der Waals surface area contributed by atoms with Crippen LogP contribution in [-0.4, -0.2) is 26.3 Å². The lowest BCUT2D eigenvalue weighted by molar-refractivity contribution is 0.387. The fourth-order valence-electron chi connectivity index (χ4n) is 1.41. The van der Waals surface area contributed by atoms with E-state index in [1.807, 2.05) is 0 Å². The Morgan fingerprint density at radius 2 is 1.78 bits per heavy atom. The Morgan fingerprint density at radius 3 is 2.28 bits per heavy atom. The van der Waals surface area contributed by atoms with Gasteiger partial charge in [-0.15, -0.1) is 0 Å². The molecule has 0 fully saturated rings. The average Bonchev–Trinajstić information content (AvgIpc) is 2.29. The van der Waals surface area contributed by atoms with E-state index < -0.39 is 9.84 Å². The first kappa shape index (κ1) is 15.5. The summed E-state index contributed by atoms with van der Waals surface area (Å²) in [6.45, 7) is 6.64. The molecule has 3 nitrogen and oxygen atoms in total. The maximum absolute atomic E-state index is 12.0. The molecule has 0 amide bonds. The zero-order valence-electron chi connectivity index (χ0n) is 11.0. The van der Waals surface area contributed by atoms with Gasteiger partial charge in [-0.25, -0.2) is 8.42 Å². The van der Waals surface area contributed by atoms with Crippen molar-refractivity contribution in [3.63, 3.8) is 0 Å². The minimum atomic E-state index is -3.23. The standard InChI is InChI=1S/C13H20ClNO2S/c1-4-13(2,3)15-9-10-18(16,17)12-7-5-11(14)6-8-12/h5-8,15H,4,9-10H2,1-3H3. The Hall–Kier alpha value is -0.580. The van der Waals surface area contributed by atoms with Crippen molar-refractivity contribution in [1.82, 2.24) is 5.32 Å². The van der Waals surface area contributed by atoms with E-state index in [0.29, 0.717) is 16.5 Å². The van der Waals surface area contributed by atoms with Crippen LogP contribution >= 0.6 is 11.6 Å². The molecule has 0 aliphatic rings. The van der Waals surface area contributed by atoms with Crippen molar-refractivity contribution in [2.24, 2.45) is 0 Å². The second-order valence-electron chi connectivity index (χ2n) is 4.94. The highest BCUT2D eigenvalue weighted by molar-refractivity contribution is 7.91. The fourth-order valence-corrected chi connectivity index (χ4v) is 2.69. The van der Waals surface area contributed by atoms with E-state index in [1.165, 1.54) is 0 Å². The van der Waals surface area contributed by atoms with Crippen molar-refractivity contribution >= 4 is 21.4 Å². The van der Waals surface area contributed by atoms with Gasteiger partial charge in [0, 0.05) is 17.1 Å². The smallest absolute Gasteiger partial charge is 0.179 e. The van der Waals surface area contributed by atoms with Gasteiger partial charge in [-0.2, -0.15) is 0 Å². The Bertz CT molecular complexity index is 480. The van der Waals surface area contributed by atoms with Crippen LogP contribution in [0.4, 0.5) is 0 Å². The van der Waals surface area contributed by atoms with E-state index >= 15 is 0 Å². The maximum atomic E-state index is 12.0. The number of benzene rings is 1. The summed E-state index contributed by atoms with van der Waals surface area (Å²) in [6.07, 6.45) is 0.952. The monoisotopic (exact) mass is 289 g/mol. The molecule has 0 aliphatic heterocycles. The minimum Gasteiger partial charge on any atom is -0.311 e. The predicted octanol–water partition coefficient (Wildman–Crippen LogP) is 2.89. The van der Waals surface area contributed by atoms with E-state index in [9.17, 15) is 8.42 Å². The highest BCUT2D eigenvalue weighted by Gasteiger charge is 2.17. The van der Waals surface area contributed by atoms with Gasteiger partial charge in [-0.3, -0.25) is 0 Å². The van der Waals surface area contributed by atoms with Crippen molar-refractivity contribution in [3.8, 4) is 0 Å². The first-order valence-electron chi connectivity index (χ1n) is 6.00. The summed E-state index contributed by atoms with van der Waals surface area (Å²) >= 11 is 5.74. The summed E-state index contributed by atoms with van der Waals surface area (Å²) in [5.41, 5.74) is -0.0322. The summed E-state index contributed by atoms with van der Waals surface area (Å²) in [4.78, 5) is 0.322. The Kier molecular flexibility index (Phi) is 5.20. The predicted molar refractivity (Wildman–Crippen MR) is 75.9 cm³/mol. The quantitative estimate of drug-likeness (QED) is 0.876. The number of nitrogens with one attached hydrogen (secondary N) is 1. The van der Waals surface area contributed by atoms with E-state index in [1.54, 1.807) is 24.3 Å². The van der Waals surface area contributed by atoms with Crippen molar-refractivity contribution < 1.29 is 8.42 Å². The number of rotatable bonds is 6. The molecule has 18 heavy (non-hydrogen) atoms. The summed E-state index contributed by atoms with van der Waals surface area (Å²) in [7, 11) is -3.23. The summed E-state index contributed by atoms with van der Waals surface area (Å²) in [5, 5.41) is 3.78. The van der Waals surface area contributed by atoms with Gasteiger partial charge in [-0.05, 0) is 44.5 Å². The van der Waals surface area contributed by atoms with Crippen molar-refractivity contribution in [2.75, 3.05) is 12.3 Å². The molecule has 1 rings (SSSR count). The van der Waals surface area contributed by atoms with Gasteiger partial charge < -0.3 is 5.32 Å². The first-order valence-corrected chi connectivity index (χ1v) is 8.03. The zero-order valence-corrected chi connectivity index (χ0v) is 12.6. The highest BCUT2D eigenvalue weighted by Crippen LogP contribution is 2.15. The van der Waals surface area contributed by atoms with Crippen LogP contribution in [-0.2, 0) is 9.84 Å². The molecular formula is C13H20ClNO2S.